The zero-order valence-electron chi connectivity index (χ0n) is 16.8. The van der Waals surface area contributed by atoms with E-state index in [4.69, 9.17) is 14.2 Å². The van der Waals surface area contributed by atoms with Crippen LogP contribution in [0.5, 0.6) is 11.5 Å². The van der Waals surface area contributed by atoms with Gasteiger partial charge in [-0.1, -0.05) is 6.07 Å². The van der Waals surface area contributed by atoms with E-state index in [1.54, 1.807) is 57.2 Å². The highest BCUT2D eigenvalue weighted by atomic mass is 16.6. The number of amides is 1. The van der Waals surface area contributed by atoms with E-state index in [0.29, 0.717) is 42.0 Å². The molecule has 3 rings (SSSR count). The third kappa shape index (κ3) is 5.48. The molecule has 7 heteroatoms. The van der Waals surface area contributed by atoms with Gasteiger partial charge in [-0.05, 0) is 75.1 Å². The van der Waals surface area contributed by atoms with Crippen molar-refractivity contribution in [3.8, 4) is 11.5 Å². The van der Waals surface area contributed by atoms with Crippen LogP contribution in [-0.4, -0.2) is 29.4 Å². The number of carbonyl (C=O) groups is 2. The van der Waals surface area contributed by atoms with Gasteiger partial charge in [0.15, 0.2) is 11.5 Å². The van der Waals surface area contributed by atoms with Gasteiger partial charge in [-0.2, -0.15) is 0 Å². The molecule has 0 radical (unpaired) electrons. The van der Waals surface area contributed by atoms with Crippen LogP contribution in [0.3, 0.4) is 0 Å². The Balaban J connectivity index is 1.85. The van der Waals surface area contributed by atoms with Gasteiger partial charge in [-0.15, -0.1) is 0 Å². The second-order valence-electron chi connectivity index (χ2n) is 7.78. The third-order valence-corrected chi connectivity index (χ3v) is 4.21. The van der Waals surface area contributed by atoms with E-state index in [1.165, 1.54) is 0 Å². The van der Waals surface area contributed by atoms with E-state index in [1.807, 2.05) is 0 Å². The quantitative estimate of drug-likeness (QED) is 0.584. The molecule has 2 aromatic rings. The highest BCUT2D eigenvalue weighted by molar-refractivity contribution is 5.94. The molecule has 0 fully saturated rings. The van der Waals surface area contributed by atoms with Crippen LogP contribution in [0.15, 0.2) is 36.4 Å². The molecule has 1 aliphatic rings. The number of ether oxygens (including phenoxy) is 3. The molecule has 0 saturated heterocycles. The fourth-order valence-electron chi connectivity index (χ4n) is 2.95. The molecule has 1 heterocycles. The molecule has 1 amide bonds. The fourth-order valence-corrected chi connectivity index (χ4v) is 2.95. The summed E-state index contributed by atoms with van der Waals surface area (Å²) in [6.07, 6.45) is 0.698. The van der Waals surface area contributed by atoms with Gasteiger partial charge in [0.25, 0.3) is 0 Å². The van der Waals surface area contributed by atoms with Gasteiger partial charge in [-0.3, -0.25) is 5.32 Å². The molecular weight excluding hydrogens is 374 g/mol. The summed E-state index contributed by atoms with van der Waals surface area (Å²) in [7, 11) is 0. The minimum atomic E-state index is -0.605. The second kappa shape index (κ2) is 8.53. The standard InChI is InChI=1S/C22H25NO6/c1-22(2,3)29-21(26)23-16-7-8-17-15(12-16)5-4-10-27-18-9-6-14(13-24)11-19(18)28-20(17)25/h6-9,11-12,24H,4-5,10,13H2,1-3H3,(H,23,26). The highest BCUT2D eigenvalue weighted by Crippen LogP contribution is 2.31. The Morgan fingerprint density at radius 2 is 1.97 bits per heavy atom. The van der Waals surface area contributed by atoms with E-state index in [9.17, 15) is 14.7 Å². The predicted octanol–water partition coefficient (Wildman–Crippen LogP) is 4.07. The summed E-state index contributed by atoms with van der Waals surface area (Å²) in [6, 6.07) is 10.0. The van der Waals surface area contributed by atoms with E-state index in [0.717, 1.165) is 5.56 Å². The summed E-state index contributed by atoms with van der Waals surface area (Å²) < 4.78 is 16.5. The number of esters is 1. The minimum Gasteiger partial charge on any atom is -0.490 e. The van der Waals surface area contributed by atoms with Gasteiger partial charge in [0.2, 0.25) is 0 Å². The normalized spacial score (nSPS) is 14.0. The predicted molar refractivity (Wildman–Crippen MR) is 107 cm³/mol. The summed E-state index contributed by atoms with van der Waals surface area (Å²) in [5, 5.41) is 12.0. The van der Waals surface area contributed by atoms with Crippen LogP contribution in [0.1, 0.15) is 48.7 Å². The summed E-state index contributed by atoms with van der Waals surface area (Å²) in [5.74, 6) is 0.207. The molecule has 154 valence electrons. The van der Waals surface area contributed by atoms with Gasteiger partial charge >= 0.3 is 12.1 Å². The van der Waals surface area contributed by atoms with Gasteiger partial charge in [0.05, 0.1) is 18.8 Å². The second-order valence-corrected chi connectivity index (χ2v) is 7.78. The maximum atomic E-state index is 12.8. The average molecular weight is 399 g/mol. The maximum Gasteiger partial charge on any atom is 0.412 e. The molecule has 1 aliphatic heterocycles. The SMILES string of the molecule is CC(C)(C)OC(=O)Nc1ccc2c(c1)CCCOc1ccc(CO)cc1OC2=O. The number of hydrogen-bond donors (Lipinski definition) is 2. The van der Waals surface area contributed by atoms with Crippen LogP contribution in [0.2, 0.25) is 0 Å². The molecule has 0 aliphatic carbocycles. The first-order valence-electron chi connectivity index (χ1n) is 9.47. The third-order valence-electron chi connectivity index (χ3n) is 4.21. The topological polar surface area (TPSA) is 94.1 Å². The number of aryl methyl sites for hydroxylation is 1. The van der Waals surface area contributed by atoms with Crippen LogP contribution in [0.4, 0.5) is 10.5 Å². The first-order valence-corrected chi connectivity index (χ1v) is 9.47. The minimum absolute atomic E-state index is 0.166. The Labute approximate surface area is 169 Å². The van der Waals surface area contributed by atoms with Crippen LogP contribution in [-0.2, 0) is 17.8 Å². The lowest BCUT2D eigenvalue weighted by molar-refractivity contribution is 0.0635. The molecule has 0 bridgehead atoms. The lowest BCUT2D eigenvalue weighted by Crippen LogP contribution is -2.27. The lowest BCUT2D eigenvalue weighted by atomic mass is 10.0. The fraction of sp³-hybridized carbons (Fsp3) is 0.364. The molecule has 29 heavy (non-hydrogen) atoms. The monoisotopic (exact) mass is 399 g/mol. The Hall–Kier alpha value is -3.06. The highest BCUT2D eigenvalue weighted by Gasteiger charge is 2.20. The zero-order chi connectivity index (χ0) is 21.0. The van der Waals surface area contributed by atoms with Crippen molar-refractivity contribution in [2.45, 2.75) is 45.8 Å². The Bertz CT molecular complexity index is 916. The molecular formula is C22H25NO6. The number of benzene rings is 2. The van der Waals surface area contributed by atoms with Gasteiger partial charge in [0.1, 0.15) is 5.60 Å². The number of fused-ring (bicyclic) bond motifs is 2. The Morgan fingerprint density at radius 3 is 2.69 bits per heavy atom. The molecule has 7 nitrogen and oxygen atoms in total. The van der Waals surface area contributed by atoms with Crippen molar-refractivity contribution in [3.63, 3.8) is 0 Å². The van der Waals surface area contributed by atoms with Crippen LogP contribution >= 0.6 is 0 Å². The summed E-state index contributed by atoms with van der Waals surface area (Å²) in [5.41, 5.74) is 1.71. The van der Waals surface area contributed by atoms with E-state index in [2.05, 4.69) is 5.32 Å². The Kier molecular flexibility index (Phi) is 6.08. The number of nitrogens with one attached hydrogen (secondary N) is 1. The lowest BCUT2D eigenvalue weighted by Gasteiger charge is -2.20. The van der Waals surface area contributed by atoms with Crippen LogP contribution in [0.25, 0.3) is 0 Å². The number of aliphatic hydroxyl groups is 1. The number of carbonyl (C=O) groups excluding carboxylic acids is 2. The number of anilines is 1. The van der Waals surface area contributed by atoms with Crippen LogP contribution in [0, 0.1) is 0 Å². The largest absolute Gasteiger partial charge is 0.490 e. The summed E-state index contributed by atoms with van der Waals surface area (Å²) >= 11 is 0. The average Bonchev–Trinajstić information content (AvgIpc) is 2.64. The smallest absolute Gasteiger partial charge is 0.412 e. The first-order chi connectivity index (χ1) is 13.7. The van der Waals surface area contributed by atoms with E-state index >= 15 is 0 Å². The van der Waals surface area contributed by atoms with Crippen molar-refractivity contribution >= 4 is 17.7 Å². The van der Waals surface area contributed by atoms with Gasteiger partial charge in [0, 0.05) is 5.69 Å². The van der Waals surface area contributed by atoms with E-state index < -0.39 is 17.7 Å². The summed E-state index contributed by atoms with van der Waals surface area (Å²) in [4.78, 5) is 24.8. The molecule has 0 unspecified atom stereocenters. The van der Waals surface area contributed by atoms with Crippen molar-refractivity contribution in [1.82, 2.24) is 0 Å². The molecule has 0 spiro atoms. The van der Waals surface area contributed by atoms with Crippen LogP contribution < -0.4 is 14.8 Å². The first kappa shape index (κ1) is 20.7. The Morgan fingerprint density at radius 1 is 1.17 bits per heavy atom. The molecule has 2 N–H and O–H groups in total. The molecule has 0 aromatic heterocycles. The van der Waals surface area contributed by atoms with Crippen molar-refractivity contribution < 1.29 is 28.9 Å². The van der Waals surface area contributed by atoms with Crippen molar-refractivity contribution in [3.05, 3.63) is 53.1 Å². The molecule has 0 saturated carbocycles. The zero-order valence-corrected chi connectivity index (χ0v) is 16.8. The van der Waals surface area contributed by atoms with Crippen molar-refractivity contribution in [2.24, 2.45) is 0 Å². The molecule has 0 atom stereocenters. The number of hydrogen-bond acceptors (Lipinski definition) is 6. The number of aliphatic hydroxyl groups excluding tert-OH is 1. The van der Waals surface area contributed by atoms with Crippen molar-refractivity contribution in [1.29, 1.82) is 0 Å². The van der Waals surface area contributed by atoms with Gasteiger partial charge < -0.3 is 19.3 Å². The van der Waals surface area contributed by atoms with Crippen molar-refractivity contribution in [2.75, 3.05) is 11.9 Å². The van der Waals surface area contributed by atoms with E-state index in [-0.39, 0.29) is 12.4 Å². The van der Waals surface area contributed by atoms with Gasteiger partial charge in [-0.25, -0.2) is 9.59 Å². The number of rotatable bonds is 2. The maximum absolute atomic E-state index is 12.8. The molecule has 2 aromatic carbocycles. The summed E-state index contributed by atoms with van der Waals surface area (Å²) in [6.45, 7) is 5.63.